The van der Waals surface area contributed by atoms with Crippen LogP contribution in [0.5, 0.6) is 0 Å². The third kappa shape index (κ3) is 2.92. The van der Waals surface area contributed by atoms with Gasteiger partial charge in [0.1, 0.15) is 5.54 Å². The highest BCUT2D eigenvalue weighted by Crippen LogP contribution is 2.30. The highest BCUT2D eigenvalue weighted by atomic mass is 16.6. The number of amides is 3. The van der Waals surface area contributed by atoms with Crippen molar-refractivity contribution in [2.45, 2.75) is 12.5 Å². The van der Waals surface area contributed by atoms with Gasteiger partial charge >= 0.3 is 6.03 Å². The number of rotatable bonds is 5. The van der Waals surface area contributed by atoms with Gasteiger partial charge in [-0.1, -0.05) is 42.5 Å². The van der Waals surface area contributed by atoms with Crippen LogP contribution in [0.2, 0.25) is 0 Å². The number of nitro groups is 1. The molecule has 1 saturated heterocycles. The van der Waals surface area contributed by atoms with Crippen molar-refractivity contribution < 1.29 is 19.3 Å². The Morgan fingerprint density at radius 1 is 1.15 bits per heavy atom. The number of imide groups is 1. The van der Waals surface area contributed by atoms with E-state index in [1.54, 1.807) is 30.3 Å². The van der Waals surface area contributed by atoms with Crippen molar-refractivity contribution in [2.75, 3.05) is 6.54 Å². The lowest BCUT2D eigenvalue weighted by molar-refractivity contribution is -0.385. The number of hydrogen-bond donors (Lipinski definition) is 1. The molecule has 8 nitrogen and oxygen atoms in total. The summed E-state index contributed by atoms with van der Waals surface area (Å²) in [6.07, 6.45) is 0. The fourth-order valence-electron chi connectivity index (χ4n) is 2.83. The van der Waals surface area contributed by atoms with Crippen molar-refractivity contribution >= 4 is 23.4 Å². The summed E-state index contributed by atoms with van der Waals surface area (Å²) in [5.74, 6) is -1.01. The fourth-order valence-corrected chi connectivity index (χ4v) is 2.83. The van der Waals surface area contributed by atoms with Crippen molar-refractivity contribution in [2.24, 2.45) is 0 Å². The first-order valence-electron chi connectivity index (χ1n) is 7.80. The van der Waals surface area contributed by atoms with Crippen molar-refractivity contribution in [1.82, 2.24) is 10.2 Å². The second-order valence-corrected chi connectivity index (χ2v) is 6.04. The number of hydrogen-bond acceptors (Lipinski definition) is 5. The zero-order valence-corrected chi connectivity index (χ0v) is 13.8. The van der Waals surface area contributed by atoms with Crippen LogP contribution in [0.25, 0.3) is 0 Å². The van der Waals surface area contributed by atoms with Gasteiger partial charge in [0.05, 0.1) is 11.5 Å². The van der Waals surface area contributed by atoms with E-state index in [0.717, 1.165) is 4.90 Å². The third-order valence-corrected chi connectivity index (χ3v) is 4.31. The van der Waals surface area contributed by atoms with Crippen molar-refractivity contribution in [3.05, 3.63) is 75.8 Å². The molecule has 0 aliphatic carbocycles. The van der Waals surface area contributed by atoms with Crippen LogP contribution in [0.4, 0.5) is 10.5 Å². The summed E-state index contributed by atoms with van der Waals surface area (Å²) in [7, 11) is 0. The molecule has 3 rings (SSSR count). The number of non-ortho nitro benzene ring substituents is 1. The van der Waals surface area contributed by atoms with E-state index in [-0.39, 0.29) is 17.0 Å². The number of nitrogens with one attached hydrogen (secondary N) is 1. The van der Waals surface area contributed by atoms with Gasteiger partial charge in [0.2, 0.25) is 0 Å². The lowest BCUT2D eigenvalue weighted by atomic mass is 9.91. The molecule has 1 aliphatic rings. The standard InChI is InChI=1S/C18H15N3O5/c1-18(13-8-5-9-14(10-13)21(25)26)16(23)20(17(24)19-18)11-15(22)12-6-3-2-4-7-12/h2-10H,11H2,1H3,(H,19,24). The SMILES string of the molecule is CC1(c2cccc([N+](=O)[O-])c2)NC(=O)N(CC(=O)c2ccccc2)C1=O. The van der Waals surface area contributed by atoms with E-state index in [4.69, 9.17) is 0 Å². The molecule has 132 valence electrons. The molecule has 26 heavy (non-hydrogen) atoms. The number of carbonyl (C=O) groups excluding carboxylic acids is 3. The molecule has 0 saturated carbocycles. The maximum atomic E-state index is 12.8. The van der Waals surface area contributed by atoms with Crippen molar-refractivity contribution in [3.63, 3.8) is 0 Å². The van der Waals surface area contributed by atoms with Crippen LogP contribution in [0, 0.1) is 10.1 Å². The molecule has 8 heteroatoms. The number of urea groups is 1. The number of benzene rings is 2. The van der Waals surface area contributed by atoms with Gasteiger partial charge in [-0.15, -0.1) is 0 Å². The zero-order chi connectivity index (χ0) is 18.9. The molecule has 3 amide bonds. The molecule has 2 aromatic rings. The molecule has 2 aromatic carbocycles. The van der Waals surface area contributed by atoms with Crippen molar-refractivity contribution in [1.29, 1.82) is 0 Å². The summed E-state index contributed by atoms with van der Waals surface area (Å²) in [6.45, 7) is 1.05. The molecule has 1 fully saturated rings. The summed E-state index contributed by atoms with van der Waals surface area (Å²) < 4.78 is 0. The Morgan fingerprint density at radius 2 is 1.85 bits per heavy atom. The molecular formula is C18H15N3O5. The van der Waals surface area contributed by atoms with Gasteiger partial charge in [0.25, 0.3) is 11.6 Å². The first-order valence-corrected chi connectivity index (χ1v) is 7.80. The smallest absolute Gasteiger partial charge is 0.319 e. The first-order chi connectivity index (χ1) is 12.3. The fraction of sp³-hybridized carbons (Fsp3) is 0.167. The van der Waals surface area contributed by atoms with E-state index in [2.05, 4.69) is 5.32 Å². The Balaban J connectivity index is 1.87. The number of carbonyl (C=O) groups is 3. The van der Waals surface area contributed by atoms with Gasteiger partial charge in [-0.2, -0.15) is 0 Å². The largest absolute Gasteiger partial charge is 0.325 e. The molecule has 1 N–H and O–H groups in total. The topological polar surface area (TPSA) is 110 Å². The minimum Gasteiger partial charge on any atom is -0.319 e. The third-order valence-electron chi connectivity index (χ3n) is 4.31. The molecule has 0 radical (unpaired) electrons. The molecule has 0 spiro atoms. The Kier molecular flexibility index (Phi) is 4.25. The summed E-state index contributed by atoms with van der Waals surface area (Å²) in [6, 6.07) is 13.1. The summed E-state index contributed by atoms with van der Waals surface area (Å²) in [4.78, 5) is 48.6. The maximum absolute atomic E-state index is 12.8. The summed E-state index contributed by atoms with van der Waals surface area (Å²) in [5, 5.41) is 13.5. The highest BCUT2D eigenvalue weighted by molar-refractivity contribution is 6.11. The van der Waals surface area contributed by atoms with Crippen LogP contribution in [0.3, 0.4) is 0 Å². The Bertz CT molecular complexity index is 912. The normalized spacial score (nSPS) is 19.3. The Hall–Kier alpha value is -3.55. The minimum absolute atomic E-state index is 0.190. The predicted octanol–water partition coefficient (Wildman–Crippen LogP) is 2.24. The van der Waals surface area contributed by atoms with Crippen LogP contribution in [0.1, 0.15) is 22.8 Å². The first kappa shape index (κ1) is 17.3. The average Bonchev–Trinajstić information content (AvgIpc) is 2.86. The van der Waals surface area contributed by atoms with Gasteiger partial charge in [-0.05, 0) is 12.5 Å². The van der Waals surface area contributed by atoms with E-state index in [9.17, 15) is 24.5 Å². The van der Waals surface area contributed by atoms with Crippen molar-refractivity contribution in [3.8, 4) is 0 Å². The van der Waals surface area contributed by atoms with Crippen LogP contribution in [-0.2, 0) is 10.3 Å². The van der Waals surface area contributed by atoms with Gasteiger partial charge < -0.3 is 5.32 Å². The average molecular weight is 353 g/mol. The van der Waals surface area contributed by atoms with Gasteiger partial charge in [0, 0.05) is 17.7 Å². The predicted molar refractivity (Wildman–Crippen MR) is 91.5 cm³/mol. The van der Waals surface area contributed by atoms with E-state index >= 15 is 0 Å². The van der Waals surface area contributed by atoms with Gasteiger partial charge in [-0.25, -0.2) is 4.79 Å². The monoisotopic (exact) mass is 353 g/mol. The van der Waals surface area contributed by atoms with Crippen LogP contribution in [0.15, 0.2) is 54.6 Å². The maximum Gasteiger partial charge on any atom is 0.325 e. The number of nitro benzene ring substituents is 1. The molecule has 0 bridgehead atoms. The molecule has 1 aliphatic heterocycles. The van der Waals surface area contributed by atoms with Gasteiger partial charge in [-0.3, -0.25) is 24.6 Å². The number of nitrogens with zero attached hydrogens (tertiary/aromatic N) is 2. The van der Waals surface area contributed by atoms with Crippen LogP contribution >= 0.6 is 0 Å². The highest BCUT2D eigenvalue weighted by Gasteiger charge is 2.49. The number of Topliss-reactive ketones (excluding diaryl/α,β-unsaturated/α-hetero) is 1. The Labute approximate surface area is 148 Å². The molecular weight excluding hydrogens is 338 g/mol. The van der Waals surface area contributed by atoms with Crippen LogP contribution < -0.4 is 5.32 Å². The molecule has 1 unspecified atom stereocenters. The lowest BCUT2D eigenvalue weighted by Crippen LogP contribution is -2.41. The second-order valence-electron chi connectivity index (χ2n) is 6.04. The van der Waals surface area contributed by atoms with Gasteiger partial charge in [0.15, 0.2) is 5.78 Å². The molecule has 1 atom stereocenters. The summed E-state index contributed by atoms with van der Waals surface area (Å²) >= 11 is 0. The number of ketones is 1. The quantitative estimate of drug-likeness (QED) is 0.384. The van der Waals surface area contributed by atoms with E-state index < -0.39 is 28.9 Å². The molecule has 0 aromatic heterocycles. The Morgan fingerprint density at radius 3 is 2.50 bits per heavy atom. The minimum atomic E-state index is -1.47. The van der Waals surface area contributed by atoms with E-state index in [1.165, 1.54) is 31.2 Å². The lowest BCUT2D eigenvalue weighted by Gasteiger charge is -2.21. The van der Waals surface area contributed by atoms with Crippen LogP contribution in [-0.4, -0.2) is 34.1 Å². The van der Waals surface area contributed by atoms with E-state index in [0.29, 0.717) is 5.56 Å². The second kappa shape index (κ2) is 6.40. The zero-order valence-electron chi connectivity index (χ0n) is 13.8. The molecule has 1 heterocycles. The summed E-state index contributed by atoms with van der Waals surface area (Å²) in [5.41, 5.74) is -0.999. The van der Waals surface area contributed by atoms with E-state index in [1.807, 2.05) is 0 Å².